The molecule has 0 fully saturated rings. The molecular formula is C18H20Cl2N2O3S2. The lowest BCUT2D eigenvalue weighted by Gasteiger charge is -2.28. The number of carbonyl (C=O) groups is 1. The molecule has 1 N–H and O–H groups in total. The van der Waals surface area contributed by atoms with Gasteiger partial charge in [0, 0.05) is 17.2 Å². The molecular weight excluding hydrogens is 427 g/mol. The number of nitrogens with one attached hydrogen (secondary N) is 1. The van der Waals surface area contributed by atoms with Crippen molar-refractivity contribution in [1.29, 1.82) is 0 Å². The Bertz CT molecular complexity index is 893. The molecule has 5 nitrogen and oxygen atoms in total. The van der Waals surface area contributed by atoms with Crippen molar-refractivity contribution in [3.8, 4) is 0 Å². The Labute approximate surface area is 174 Å². The summed E-state index contributed by atoms with van der Waals surface area (Å²) in [6, 6.07) is 13.3. The number of benzene rings is 2. The number of rotatable bonds is 8. The van der Waals surface area contributed by atoms with Crippen molar-refractivity contribution in [2.45, 2.75) is 17.9 Å². The van der Waals surface area contributed by atoms with Crippen LogP contribution in [-0.4, -0.2) is 38.9 Å². The molecule has 0 saturated heterocycles. The van der Waals surface area contributed by atoms with Crippen molar-refractivity contribution in [2.24, 2.45) is 0 Å². The van der Waals surface area contributed by atoms with Gasteiger partial charge < -0.3 is 5.32 Å². The standard InChI is InChI=1S/C18H20Cl2N2O3S2/c1-13(18(23)21-10-11-26-15-6-4-3-5-7-15)22(27(2,24)25)14-8-9-16(19)17(20)12-14/h3-9,12-13H,10-11H2,1-2H3,(H,21,23). The molecule has 0 aliphatic rings. The van der Waals surface area contributed by atoms with Crippen molar-refractivity contribution in [3.63, 3.8) is 0 Å². The van der Waals surface area contributed by atoms with Gasteiger partial charge >= 0.3 is 0 Å². The molecule has 0 aliphatic carbocycles. The quantitative estimate of drug-likeness (QED) is 0.490. The molecule has 146 valence electrons. The molecule has 0 bridgehead atoms. The number of amides is 1. The third kappa shape index (κ3) is 6.31. The van der Waals surface area contributed by atoms with Crippen molar-refractivity contribution in [1.82, 2.24) is 5.32 Å². The zero-order valence-corrected chi connectivity index (χ0v) is 18.0. The molecule has 2 aromatic rings. The predicted octanol–water partition coefficient (Wildman–Crippen LogP) is 4.06. The number of hydrogen-bond donors (Lipinski definition) is 1. The fourth-order valence-electron chi connectivity index (χ4n) is 2.44. The molecule has 9 heteroatoms. The summed E-state index contributed by atoms with van der Waals surface area (Å²) >= 11 is 13.5. The Morgan fingerprint density at radius 1 is 1.15 bits per heavy atom. The lowest BCUT2D eigenvalue weighted by atomic mass is 10.2. The Hall–Kier alpha value is -1.41. The predicted molar refractivity (Wildman–Crippen MR) is 113 cm³/mol. The number of nitrogens with zero attached hydrogens (tertiary/aromatic N) is 1. The summed E-state index contributed by atoms with van der Waals surface area (Å²) in [6.07, 6.45) is 1.05. The Morgan fingerprint density at radius 2 is 1.81 bits per heavy atom. The van der Waals surface area contributed by atoms with Gasteiger partial charge in [0.2, 0.25) is 15.9 Å². The lowest BCUT2D eigenvalue weighted by molar-refractivity contribution is -0.121. The van der Waals surface area contributed by atoms with Gasteiger partial charge in [0.05, 0.1) is 22.0 Å². The van der Waals surface area contributed by atoms with Gasteiger partial charge in [0.25, 0.3) is 0 Å². The van der Waals surface area contributed by atoms with Gasteiger partial charge in [-0.2, -0.15) is 0 Å². The minimum atomic E-state index is -3.70. The van der Waals surface area contributed by atoms with Gasteiger partial charge in [-0.05, 0) is 37.3 Å². The molecule has 1 amide bonds. The largest absolute Gasteiger partial charge is 0.353 e. The van der Waals surface area contributed by atoms with E-state index in [1.165, 1.54) is 25.1 Å². The Kier molecular flexibility index (Phi) is 7.85. The monoisotopic (exact) mass is 446 g/mol. The van der Waals surface area contributed by atoms with Gasteiger partial charge in [0.1, 0.15) is 6.04 Å². The van der Waals surface area contributed by atoms with Gasteiger partial charge in [-0.25, -0.2) is 8.42 Å². The number of halogens is 2. The number of sulfonamides is 1. The second-order valence-corrected chi connectivity index (χ2v) is 9.63. The highest BCUT2D eigenvalue weighted by atomic mass is 35.5. The van der Waals surface area contributed by atoms with E-state index in [2.05, 4.69) is 5.32 Å². The maximum absolute atomic E-state index is 12.5. The summed E-state index contributed by atoms with van der Waals surface area (Å²) < 4.78 is 25.5. The summed E-state index contributed by atoms with van der Waals surface area (Å²) in [5.41, 5.74) is 0.285. The highest BCUT2D eigenvalue weighted by molar-refractivity contribution is 7.99. The van der Waals surface area contributed by atoms with E-state index in [1.807, 2.05) is 30.3 Å². The zero-order valence-electron chi connectivity index (χ0n) is 14.9. The molecule has 27 heavy (non-hydrogen) atoms. The fraction of sp³-hybridized carbons (Fsp3) is 0.278. The molecule has 2 aromatic carbocycles. The first-order valence-corrected chi connectivity index (χ1v) is 11.7. The lowest BCUT2D eigenvalue weighted by Crippen LogP contribution is -2.48. The first kappa shape index (κ1) is 21.9. The molecule has 0 heterocycles. The summed E-state index contributed by atoms with van der Waals surface area (Å²) in [7, 11) is -3.70. The maximum Gasteiger partial charge on any atom is 0.243 e. The molecule has 1 atom stereocenters. The SMILES string of the molecule is CC(C(=O)NCCSc1ccccc1)N(c1ccc(Cl)c(Cl)c1)S(C)(=O)=O. The molecule has 0 aromatic heterocycles. The van der Waals surface area contributed by atoms with Crippen LogP contribution in [-0.2, 0) is 14.8 Å². The molecule has 0 spiro atoms. The summed E-state index contributed by atoms with van der Waals surface area (Å²) in [4.78, 5) is 13.6. The highest BCUT2D eigenvalue weighted by Crippen LogP contribution is 2.29. The smallest absolute Gasteiger partial charge is 0.243 e. The van der Waals surface area contributed by atoms with Gasteiger partial charge in [-0.1, -0.05) is 41.4 Å². The van der Waals surface area contributed by atoms with Crippen LogP contribution in [0.5, 0.6) is 0 Å². The third-order valence-corrected chi connectivity index (χ3v) is 6.65. The van der Waals surface area contributed by atoms with Gasteiger partial charge in [-0.15, -0.1) is 11.8 Å². The summed E-state index contributed by atoms with van der Waals surface area (Å²) in [5.74, 6) is 0.286. The van der Waals surface area contributed by atoms with Crippen molar-refractivity contribution < 1.29 is 13.2 Å². The zero-order chi connectivity index (χ0) is 20.0. The van der Waals surface area contributed by atoms with E-state index in [4.69, 9.17) is 23.2 Å². The Morgan fingerprint density at radius 3 is 2.41 bits per heavy atom. The molecule has 0 aliphatic heterocycles. The van der Waals surface area contributed by atoms with Crippen LogP contribution in [0.1, 0.15) is 6.92 Å². The number of thioether (sulfide) groups is 1. The van der Waals surface area contributed by atoms with Crippen molar-refractivity contribution >= 4 is 56.6 Å². The summed E-state index contributed by atoms with van der Waals surface area (Å²) in [5, 5.41) is 3.30. The fourth-order valence-corrected chi connectivity index (χ4v) is 4.69. The normalized spacial score (nSPS) is 12.4. The molecule has 0 saturated carbocycles. The van der Waals surface area contributed by atoms with Crippen molar-refractivity contribution in [3.05, 3.63) is 58.6 Å². The van der Waals surface area contributed by atoms with Crippen LogP contribution in [0.15, 0.2) is 53.4 Å². The van der Waals surface area contributed by atoms with Gasteiger partial charge in [-0.3, -0.25) is 9.10 Å². The first-order valence-electron chi connectivity index (χ1n) is 8.10. The summed E-state index contributed by atoms with van der Waals surface area (Å²) in [6.45, 7) is 1.95. The van der Waals surface area contributed by atoms with Crippen LogP contribution in [0.3, 0.4) is 0 Å². The van der Waals surface area contributed by atoms with Crippen LogP contribution in [0.2, 0.25) is 10.0 Å². The number of hydrogen-bond acceptors (Lipinski definition) is 4. The van der Waals surface area contributed by atoms with E-state index in [0.717, 1.165) is 15.5 Å². The molecule has 2 rings (SSSR count). The maximum atomic E-state index is 12.5. The molecule has 0 radical (unpaired) electrons. The minimum absolute atomic E-state index is 0.217. The van der Waals surface area contributed by atoms with Crippen LogP contribution >= 0.6 is 35.0 Å². The third-order valence-electron chi connectivity index (χ3n) is 3.66. The van der Waals surface area contributed by atoms with Crippen LogP contribution in [0, 0.1) is 0 Å². The van der Waals surface area contributed by atoms with E-state index >= 15 is 0 Å². The minimum Gasteiger partial charge on any atom is -0.353 e. The van der Waals surface area contributed by atoms with E-state index in [-0.39, 0.29) is 16.6 Å². The topological polar surface area (TPSA) is 66.5 Å². The second kappa shape index (κ2) is 9.68. The number of carbonyl (C=O) groups excluding carboxylic acids is 1. The van der Waals surface area contributed by atoms with E-state index in [9.17, 15) is 13.2 Å². The van der Waals surface area contributed by atoms with E-state index in [0.29, 0.717) is 17.3 Å². The van der Waals surface area contributed by atoms with Crippen LogP contribution < -0.4 is 9.62 Å². The van der Waals surface area contributed by atoms with Crippen molar-refractivity contribution in [2.75, 3.05) is 22.9 Å². The second-order valence-electron chi connectivity index (χ2n) is 5.79. The average molecular weight is 447 g/mol. The number of anilines is 1. The van der Waals surface area contributed by atoms with E-state index in [1.54, 1.807) is 11.8 Å². The average Bonchev–Trinajstić information content (AvgIpc) is 2.61. The Balaban J connectivity index is 2.03. The first-order chi connectivity index (χ1) is 12.7. The molecule has 1 unspecified atom stereocenters. The van der Waals surface area contributed by atoms with Crippen LogP contribution in [0.25, 0.3) is 0 Å². The highest BCUT2D eigenvalue weighted by Gasteiger charge is 2.29. The van der Waals surface area contributed by atoms with Crippen LogP contribution in [0.4, 0.5) is 5.69 Å². The van der Waals surface area contributed by atoms with E-state index < -0.39 is 16.1 Å². The van der Waals surface area contributed by atoms with Gasteiger partial charge in [0.15, 0.2) is 0 Å².